The maximum atomic E-state index is 5.09. The van der Waals surface area contributed by atoms with E-state index in [0.29, 0.717) is 17.5 Å². The van der Waals surface area contributed by atoms with E-state index in [0.717, 1.165) is 16.7 Å². The number of hydrogen-bond acceptors (Lipinski definition) is 4. The molecule has 0 fully saturated rings. The largest absolute Gasteiger partial charge is 0.299 e. The third kappa shape index (κ3) is 3.24. The van der Waals surface area contributed by atoms with Crippen LogP contribution in [0.15, 0.2) is 133 Å². The van der Waals surface area contributed by atoms with Gasteiger partial charge in [-0.05, 0) is 22.9 Å². The molecule has 10 aromatic rings. The van der Waals surface area contributed by atoms with Gasteiger partial charge >= 0.3 is 0 Å². The molecule has 4 heterocycles. The summed E-state index contributed by atoms with van der Waals surface area (Å²) >= 11 is 1.83. The van der Waals surface area contributed by atoms with Gasteiger partial charge in [-0.1, -0.05) is 121 Å². The summed E-state index contributed by atoms with van der Waals surface area (Å²) in [6.07, 6.45) is 0. The van der Waals surface area contributed by atoms with Gasteiger partial charge in [0.1, 0.15) is 4.83 Å². The van der Waals surface area contributed by atoms with Crippen LogP contribution in [0.2, 0.25) is 0 Å². The SMILES string of the molecule is c1ccc(-c2nc(-c3ccccc3)nc(-c3cccc4c3sc3c4c4cccc5ccc6c7ccccc7n3c6c54)n2)cc1. The van der Waals surface area contributed by atoms with E-state index in [1.807, 2.05) is 47.7 Å². The van der Waals surface area contributed by atoms with E-state index >= 15 is 0 Å². The Labute approximate surface area is 255 Å². The maximum absolute atomic E-state index is 5.09. The van der Waals surface area contributed by atoms with Gasteiger partial charge in [-0.25, -0.2) is 15.0 Å². The highest BCUT2D eigenvalue weighted by atomic mass is 32.1. The average Bonchev–Trinajstić information content (AvgIpc) is 3.65. The van der Waals surface area contributed by atoms with Crippen molar-refractivity contribution in [2.45, 2.75) is 0 Å². The molecule has 6 aromatic carbocycles. The van der Waals surface area contributed by atoms with Gasteiger partial charge in [0.25, 0.3) is 0 Å². The van der Waals surface area contributed by atoms with Crippen molar-refractivity contribution < 1.29 is 0 Å². The van der Waals surface area contributed by atoms with Gasteiger partial charge in [-0.15, -0.1) is 11.3 Å². The average molecular weight is 579 g/mol. The molecular weight excluding hydrogens is 557 g/mol. The third-order valence-electron chi connectivity index (χ3n) is 8.79. The monoisotopic (exact) mass is 578 g/mol. The molecule has 0 unspecified atom stereocenters. The predicted molar refractivity (Wildman–Crippen MR) is 184 cm³/mol. The Hall–Kier alpha value is -5.65. The predicted octanol–water partition coefficient (Wildman–Crippen LogP) is 10.4. The topological polar surface area (TPSA) is 43.1 Å². The van der Waals surface area contributed by atoms with Crippen LogP contribution in [-0.2, 0) is 0 Å². The fourth-order valence-corrected chi connectivity index (χ4v) is 8.22. The lowest BCUT2D eigenvalue weighted by atomic mass is 9.98. The van der Waals surface area contributed by atoms with Crippen LogP contribution in [0.25, 0.3) is 92.4 Å². The Kier molecular flexibility index (Phi) is 4.84. The van der Waals surface area contributed by atoms with Crippen molar-refractivity contribution in [1.82, 2.24) is 19.4 Å². The summed E-state index contributed by atoms with van der Waals surface area (Å²) < 4.78 is 3.67. The van der Waals surface area contributed by atoms with E-state index in [-0.39, 0.29) is 0 Å². The zero-order chi connectivity index (χ0) is 28.8. The zero-order valence-corrected chi connectivity index (χ0v) is 24.2. The minimum absolute atomic E-state index is 0.670. The van der Waals surface area contributed by atoms with Crippen LogP contribution in [0, 0.1) is 0 Å². The van der Waals surface area contributed by atoms with Gasteiger partial charge in [-0.2, -0.15) is 0 Å². The number of fused-ring (bicyclic) bond motifs is 8. The Balaban J connectivity index is 1.35. The first-order valence-electron chi connectivity index (χ1n) is 14.7. The van der Waals surface area contributed by atoms with E-state index in [4.69, 9.17) is 15.0 Å². The molecule has 0 amide bonds. The smallest absolute Gasteiger partial charge is 0.165 e. The number of aromatic nitrogens is 4. The number of thiophene rings is 1. The molecule has 0 spiro atoms. The van der Waals surface area contributed by atoms with E-state index in [9.17, 15) is 0 Å². The van der Waals surface area contributed by atoms with Crippen molar-refractivity contribution in [3.8, 4) is 34.2 Å². The van der Waals surface area contributed by atoms with Crippen molar-refractivity contribution in [1.29, 1.82) is 0 Å². The van der Waals surface area contributed by atoms with Crippen LogP contribution in [0.4, 0.5) is 0 Å². The normalized spacial score (nSPS) is 12.1. The molecular formula is C39H22N4S. The molecule has 0 aliphatic carbocycles. The molecule has 0 N–H and O–H groups in total. The van der Waals surface area contributed by atoms with E-state index in [1.165, 1.54) is 58.3 Å². The number of para-hydroxylation sites is 1. The van der Waals surface area contributed by atoms with Crippen LogP contribution in [0.3, 0.4) is 0 Å². The lowest BCUT2D eigenvalue weighted by molar-refractivity contribution is 1.08. The van der Waals surface area contributed by atoms with Crippen LogP contribution in [-0.4, -0.2) is 19.4 Å². The molecule has 4 aromatic heterocycles. The standard InChI is InChI=1S/C39H22N4S/c1-3-11-24(12-4-1)36-40-37(25-13-5-2-6-14-25)42-38(41-36)30-19-10-18-29-33-28-17-9-15-23-21-22-27-26-16-7-8-20-31(26)43(34(27)32(23)28)39(33)44-35(29)30/h1-22H. The summed E-state index contributed by atoms with van der Waals surface area (Å²) in [6, 6.07) is 46.9. The van der Waals surface area contributed by atoms with Crippen molar-refractivity contribution in [3.63, 3.8) is 0 Å². The van der Waals surface area contributed by atoms with Gasteiger partial charge in [0, 0.05) is 48.3 Å². The molecule has 204 valence electrons. The first-order valence-corrected chi connectivity index (χ1v) is 15.5. The van der Waals surface area contributed by atoms with Crippen molar-refractivity contribution in [3.05, 3.63) is 133 Å². The van der Waals surface area contributed by atoms with Crippen LogP contribution in [0.1, 0.15) is 0 Å². The number of rotatable bonds is 3. The summed E-state index contributed by atoms with van der Waals surface area (Å²) in [5, 5.41) is 8.93. The highest BCUT2D eigenvalue weighted by Gasteiger charge is 2.23. The summed E-state index contributed by atoms with van der Waals surface area (Å²) in [5.41, 5.74) is 5.47. The van der Waals surface area contributed by atoms with Gasteiger partial charge < -0.3 is 0 Å². The molecule has 10 rings (SSSR count). The number of hydrogen-bond donors (Lipinski definition) is 0. The minimum atomic E-state index is 0.670. The second-order valence-corrected chi connectivity index (χ2v) is 12.2. The summed E-state index contributed by atoms with van der Waals surface area (Å²) in [5.74, 6) is 2.02. The summed E-state index contributed by atoms with van der Waals surface area (Å²) in [6.45, 7) is 0. The molecule has 0 radical (unpaired) electrons. The quantitative estimate of drug-likeness (QED) is 0.209. The molecule has 0 atom stereocenters. The van der Waals surface area contributed by atoms with Crippen LogP contribution in [0.5, 0.6) is 0 Å². The number of nitrogens with zero attached hydrogens (tertiary/aromatic N) is 4. The van der Waals surface area contributed by atoms with Gasteiger partial charge in [0.15, 0.2) is 17.5 Å². The Morgan fingerprint density at radius 1 is 0.455 bits per heavy atom. The lowest BCUT2D eigenvalue weighted by Crippen LogP contribution is -2.00. The van der Waals surface area contributed by atoms with Gasteiger partial charge in [0.05, 0.1) is 11.0 Å². The Morgan fingerprint density at radius 3 is 1.86 bits per heavy atom. The van der Waals surface area contributed by atoms with E-state index in [1.54, 1.807) is 0 Å². The zero-order valence-electron chi connectivity index (χ0n) is 23.4. The van der Waals surface area contributed by atoms with E-state index in [2.05, 4.69) is 101 Å². The first-order chi connectivity index (χ1) is 21.8. The molecule has 0 saturated heterocycles. The van der Waals surface area contributed by atoms with Crippen LogP contribution < -0.4 is 0 Å². The molecule has 0 aliphatic heterocycles. The lowest BCUT2D eigenvalue weighted by Gasteiger charge is -2.10. The van der Waals surface area contributed by atoms with Gasteiger partial charge in [-0.3, -0.25) is 4.40 Å². The third-order valence-corrected chi connectivity index (χ3v) is 10.0. The van der Waals surface area contributed by atoms with Crippen molar-refractivity contribution in [2.75, 3.05) is 0 Å². The summed E-state index contributed by atoms with van der Waals surface area (Å²) in [7, 11) is 0. The first kappa shape index (κ1) is 23.9. The molecule has 0 bridgehead atoms. The minimum Gasteiger partial charge on any atom is -0.299 e. The number of pyridine rings is 1. The Bertz CT molecular complexity index is 2650. The highest BCUT2D eigenvalue weighted by Crippen LogP contribution is 2.47. The van der Waals surface area contributed by atoms with Crippen molar-refractivity contribution >= 4 is 69.6 Å². The highest BCUT2D eigenvalue weighted by molar-refractivity contribution is 7.26. The van der Waals surface area contributed by atoms with E-state index < -0.39 is 0 Å². The van der Waals surface area contributed by atoms with Gasteiger partial charge in [0.2, 0.25) is 0 Å². The second-order valence-electron chi connectivity index (χ2n) is 11.2. The second kappa shape index (κ2) is 8.93. The molecule has 0 saturated carbocycles. The van der Waals surface area contributed by atoms with Crippen LogP contribution >= 0.6 is 11.3 Å². The number of benzene rings is 6. The summed E-state index contributed by atoms with van der Waals surface area (Å²) in [4.78, 5) is 16.3. The Morgan fingerprint density at radius 2 is 1.09 bits per heavy atom. The molecule has 5 heteroatoms. The maximum Gasteiger partial charge on any atom is 0.165 e. The fourth-order valence-electron chi connectivity index (χ4n) is 6.88. The van der Waals surface area contributed by atoms with Crippen molar-refractivity contribution in [2.24, 2.45) is 0 Å². The molecule has 4 nitrogen and oxygen atoms in total. The molecule has 44 heavy (non-hydrogen) atoms. The fraction of sp³-hybridized carbons (Fsp3) is 0. The molecule has 0 aliphatic rings.